The Labute approximate surface area is 160 Å². The van der Waals surface area contributed by atoms with Gasteiger partial charge >= 0.3 is 0 Å². The van der Waals surface area contributed by atoms with Gasteiger partial charge in [-0.3, -0.25) is 14.7 Å². The van der Waals surface area contributed by atoms with Crippen molar-refractivity contribution in [2.24, 2.45) is 0 Å². The first-order chi connectivity index (χ1) is 13.3. The summed E-state index contributed by atoms with van der Waals surface area (Å²) in [5.74, 6) is 0.998. The van der Waals surface area contributed by atoms with E-state index in [0.29, 0.717) is 17.8 Å². The molecule has 4 heterocycles. The molecule has 0 N–H and O–H groups in total. The molecule has 6 heteroatoms. The van der Waals surface area contributed by atoms with E-state index in [1.807, 2.05) is 35.5 Å². The molecule has 0 aliphatic carbocycles. The van der Waals surface area contributed by atoms with Gasteiger partial charge in [-0.2, -0.15) is 0 Å². The van der Waals surface area contributed by atoms with Gasteiger partial charge in [-0.15, -0.1) is 0 Å². The number of rotatable bonds is 6. The van der Waals surface area contributed by atoms with E-state index < -0.39 is 0 Å². The zero-order chi connectivity index (χ0) is 18.5. The van der Waals surface area contributed by atoms with E-state index >= 15 is 0 Å². The first kappa shape index (κ1) is 18.0. The van der Waals surface area contributed by atoms with Gasteiger partial charge in [-0.1, -0.05) is 12.5 Å². The lowest BCUT2D eigenvalue weighted by Crippen LogP contribution is -2.41. The van der Waals surface area contributed by atoms with E-state index in [-0.39, 0.29) is 0 Å². The van der Waals surface area contributed by atoms with Crippen LogP contribution in [0.5, 0.6) is 0 Å². The van der Waals surface area contributed by atoms with Crippen molar-refractivity contribution in [2.75, 3.05) is 19.6 Å². The summed E-state index contributed by atoms with van der Waals surface area (Å²) in [6, 6.07) is 6.31. The highest BCUT2D eigenvalue weighted by Gasteiger charge is 2.26. The molecule has 2 aromatic rings. The summed E-state index contributed by atoms with van der Waals surface area (Å²) in [7, 11) is 0. The Morgan fingerprint density at radius 1 is 1.04 bits per heavy atom. The average molecular weight is 365 g/mol. The largest absolute Gasteiger partial charge is 0.343 e. The van der Waals surface area contributed by atoms with Crippen molar-refractivity contribution in [1.82, 2.24) is 24.8 Å². The Morgan fingerprint density at radius 3 is 2.67 bits per heavy atom. The van der Waals surface area contributed by atoms with E-state index in [9.17, 15) is 4.79 Å². The Hall–Kier alpha value is -2.34. The normalized spacial score (nSPS) is 21.0. The number of pyridine rings is 1. The number of carbonyl (C=O) groups excluding carboxylic acids is 1. The predicted octanol–water partition coefficient (Wildman–Crippen LogP) is 2.91. The lowest BCUT2D eigenvalue weighted by atomic mass is 9.98. The van der Waals surface area contributed by atoms with Crippen LogP contribution < -0.4 is 0 Å². The number of likely N-dealkylation sites (tertiary alicyclic amines) is 2. The van der Waals surface area contributed by atoms with Crippen LogP contribution in [0.15, 0.2) is 36.8 Å². The quantitative estimate of drug-likeness (QED) is 0.788. The van der Waals surface area contributed by atoms with Crippen molar-refractivity contribution < 1.29 is 4.79 Å². The molecule has 2 aliphatic heterocycles. The zero-order valence-electron chi connectivity index (χ0n) is 15.8. The molecule has 2 fully saturated rings. The van der Waals surface area contributed by atoms with Crippen LogP contribution in [0.4, 0.5) is 0 Å². The highest BCUT2D eigenvalue weighted by Crippen LogP contribution is 2.23. The van der Waals surface area contributed by atoms with E-state index in [1.54, 1.807) is 6.20 Å². The fourth-order valence-corrected chi connectivity index (χ4v) is 4.14. The van der Waals surface area contributed by atoms with E-state index in [4.69, 9.17) is 0 Å². The van der Waals surface area contributed by atoms with E-state index in [1.165, 1.54) is 19.3 Å². The second kappa shape index (κ2) is 8.57. The maximum absolute atomic E-state index is 11.9. The van der Waals surface area contributed by atoms with Crippen molar-refractivity contribution in [1.29, 1.82) is 0 Å². The number of hydrogen-bond donors (Lipinski definition) is 0. The van der Waals surface area contributed by atoms with Gasteiger partial charge in [0, 0.05) is 56.3 Å². The Bertz CT molecular complexity index is 749. The molecule has 1 unspecified atom stereocenters. The van der Waals surface area contributed by atoms with E-state index in [2.05, 4.69) is 19.9 Å². The van der Waals surface area contributed by atoms with Crippen molar-refractivity contribution in [3.63, 3.8) is 0 Å². The summed E-state index contributed by atoms with van der Waals surface area (Å²) in [5.41, 5.74) is 1.94. The minimum Gasteiger partial charge on any atom is -0.343 e. The molecule has 6 nitrogen and oxygen atoms in total. The molecule has 2 aliphatic rings. The molecule has 1 atom stereocenters. The van der Waals surface area contributed by atoms with Gasteiger partial charge in [0.05, 0.1) is 0 Å². The van der Waals surface area contributed by atoms with E-state index in [0.717, 1.165) is 56.7 Å². The number of carbonyl (C=O) groups is 1. The topological polar surface area (TPSA) is 62.2 Å². The minimum atomic E-state index is 0.330. The molecule has 0 aromatic carbocycles. The van der Waals surface area contributed by atoms with Crippen LogP contribution in [-0.2, 0) is 11.3 Å². The molecule has 0 bridgehead atoms. The fourth-order valence-electron chi connectivity index (χ4n) is 4.14. The second-order valence-corrected chi connectivity index (χ2v) is 7.52. The van der Waals surface area contributed by atoms with Gasteiger partial charge in [-0.05, 0) is 44.4 Å². The predicted molar refractivity (Wildman–Crippen MR) is 104 cm³/mol. The first-order valence-corrected chi connectivity index (χ1v) is 10.0. The average Bonchev–Trinajstić information content (AvgIpc) is 3.13. The Morgan fingerprint density at radius 2 is 1.93 bits per heavy atom. The SMILES string of the molecule is O=C1CCCN1CCC1CCCCN1Cc1cnc(-c2ccccn2)nc1. The maximum atomic E-state index is 11.9. The third kappa shape index (κ3) is 4.50. The van der Waals surface area contributed by atoms with Crippen molar-refractivity contribution in [3.05, 3.63) is 42.4 Å². The fraction of sp³-hybridized carbons (Fsp3) is 0.524. The summed E-state index contributed by atoms with van der Waals surface area (Å²) in [4.78, 5) is 29.8. The lowest BCUT2D eigenvalue weighted by molar-refractivity contribution is -0.127. The van der Waals surface area contributed by atoms with Crippen molar-refractivity contribution in [3.8, 4) is 11.5 Å². The van der Waals surface area contributed by atoms with Crippen LogP contribution in [0.1, 0.15) is 44.1 Å². The maximum Gasteiger partial charge on any atom is 0.222 e. The van der Waals surface area contributed by atoms with Gasteiger partial charge in [0.25, 0.3) is 0 Å². The number of nitrogens with zero attached hydrogens (tertiary/aromatic N) is 5. The minimum absolute atomic E-state index is 0.330. The van der Waals surface area contributed by atoms with Crippen LogP contribution in [0, 0.1) is 0 Å². The second-order valence-electron chi connectivity index (χ2n) is 7.52. The molecule has 142 valence electrons. The molecule has 0 radical (unpaired) electrons. The third-order valence-electron chi connectivity index (χ3n) is 5.64. The van der Waals surface area contributed by atoms with Gasteiger partial charge < -0.3 is 4.90 Å². The summed E-state index contributed by atoms with van der Waals surface area (Å²) in [6.45, 7) is 3.82. The van der Waals surface area contributed by atoms with Gasteiger partial charge in [0.1, 0.15) is 5.69 Å². The number of amides is 1. The molecule has 0 saturated carbocycles. The van der Waals surface area contributed by atoms with Crippen LogP contribution in [0.3, 0.4) is 0 Å². The highest BCUT2D eigenvalue weighted by molar-refractivity contribution is 5.78. The molecule has 2 aromatic heterocycles. The summed E-state index contributed by atoms with van der Waals surface area (Å²) >= 11 is 0. The summed E-state index contributed by atoms with van der Waals surface area (Å²) in [5, 5.41) is 0. The molecule has 4 rings (SSSR count). The number of piperidine rings is 1. The van der Waals surface area contributed by atoms with Gasteiger partial charge in [0.2, 0.25) is 5.91 Å². The smallest absolute Gasteiger partial charge is 0.222 e. The molecule has 0 spiro atoms. The highest BCUT2D eigenvalue weighted by atomic mass is 16.2. The first-order valence-electron chi connectivity index (χ1n) is 10.0. The molecule has 27 heavy (non-hydrogen) atoms. The lowest BCUT2D eigenvalue weighted by Gasteiger charge is -2.36. The summed E-state index contributed by atoms with van der Waals surface area (Å²) in [6.07, 6.45) is 12.2. The van der Waals surface area contributed by atoms with Crippen LogP contribution in [0.25, 0.3) is 11.5 Å². The summed E-state index contributed by atoms with van der Waals surface area (Å²) < 4.78 is 0. The number of hydrogen-bond acceptors (Lipinski definition) is 5. The third-order valence-corrected chi connectivity index (χ3v) is 5.64. The van der Waals surface area contributed by atoms with Crippen LogP contribution in [0.2, 0.25) is 0 Å². The molecule has 1 amide bonds. The van der Waals surface area contributed by atoms with Gasteiger partial charge in [-0.25, -0.2) is 9.97 Å². The molecular formula is C21H27N5O. The molecule has 2 saturated heterocycles. The standard InChI is InChI=1S/C21H27N5O/c27-20-8-5-12-25(20)13-9-18-6-2-4-11-26(18)16-17-14-23-21(24-15-17)19-7-1-3-10-22-19/h1,3,7,10,14-15,18H,2,4-6,8-9,11-13,16H2. The van der Waals surface area contributed by atoms with Gasteiger partial charge in [0.15, 0.2) is 5.82 Å². The van der Waals surface area contributed by atoms with Crippen molar-refractivity contribution >= 4 is 5.91 Å². The number of aromatic nitrogens is 3. The Kier molecular flexibility index (Phi) is 5.72. The van der Waals surface area contributed by atoms with Crippen LogP contribution in [-0.4, -0.2) is 56.3 Å². The molecular weight excluding hydrogens is 338 g/mol. The zero-order valence-corrected chi connectivity index (χ0v) is 15.8. The Balaban J connectivity index is 1.37. The van der Waals surface area contributed by atoms with Crippen molar-refractivity contribution in [2.45, 2.75) is 51.1 Å². The van der Waals surface area contributed by atoms with Crippen LogP contribution >= 0.6 is 0 Å². The monoisotopic (exact) mass is 365 g/mol.